The smallest absolute Gasteiger partial charge is 0.309 e. The number of carbonyl (C=O) groups is 1. The van der Waals surface area contributed by atoms with E-state index >= 15 is 0 Å². The predicted molar refractivity (Wildman–Crippen MR) is 64.4 cm³/mol. The van der Waals surface area contributed by atoms with E-state index < -0.39 is 5.97 Å². The van der Waals surface area contributed by atoms with Gasteiger partial charge in [-0.3, -0.25) is 9.20 Å². The Morgan fingerprint density at radius 3 is 2.94 bits per heavy atom. The van der Waals surface area contributed by atoms with Crippen LogP contribution in [0.4, 0.5) is 5.82 Å². The molecule has 0 fully saturated rings. The van der Waals surface area contributed by atoms with Crippen LogP contribution in [0.1, 0.15) is 11.3 Å². The molecule has 6 nitrogen and oxygen atoms in total. The number of fused-ring (bicyclic) bond motifs is 1. The standard InChI is InChI=1S/C10H8BrN3O3/c1-5-2-6(11)9-12-7(3-8(15)16)10(13-17)14(9)4-5/h2,4H,3H2,1H3,(H,15,16). The Balaban J connectivity index is 2.74. The average molecular weight is 298 g/mol. The first kappa shape index (κ1) is 11.7. The van der Waals surface area contributed by atoms with Gasteiger partial charge in [-0.05, 0) is 39.7 Å². The Hall–Kier alpha value is -1.76. The third-order valence-electron chi connectivity index (χ3n) is 2.26. The number of aryl methyl sites for hydroxylation is 1. The van der Waals surface area contributed by atoms with Crippen LogP contribution in [0.3, 0.4) is 0 Å². The second kappa shape index (κ2) is 4.25. The highest BCUT2D eigenvalue weighted by Crippen LogP contribution is 2.27. The van der Waals surface area contributed by atoms with Crippen LogP contribution in [-0.2, 0) is 11.2 Å². The number of carboxylic acids is 1. The van der Waals surface area contributed by atoms with Gasteiger partial charge in [-0.25, -0.2) is 4.98 Å². The van der Waals surface area contributed by atoms with Gasteiger partial charge in [0.05, 0.1) is 10.9 Å². The monoisotopic (exact) mass is 297 g/mol. The summed E-state index contributed by atoms with van der Waals surface area (Å²) < 4.78 is 2.18. The highest BCUT2D eigenvalue weighted by Gasteiger charge is 2.17. The minimum atomic E-state index is -1.05. The lowest BCUT2D eigenvalue weighted by atomic mass is 10.3. The maximum Gasteiger partial charge on any atom is 0.309 e. The average Bonchev–Trinajstić information content (AvgIpc) is 2.54. The quantitative estimate of drug-likeness (QED) is 0.882. The van der Waals surface area contributed by atoms with Crippen LogP contribution in [0.5, 0.6) is 0 Å². The molecule has 0 aliphatic carbocycles. The number of hydrogen-bond acceptors (Lipinski definition) is 4. The number of aromatic nitrogens is 2. The second-order valence-electron chi connectivity index (χ2n) is 3.60. The van der Waals surface area contributed by atoms with Gasteiger partial charge in [-0.15, -0.1) is 4.91 Å². The van der Waals surface area contributed by atoms with Gasteiger partial charge in [-0.1, -0.05) is 0 Å². The Kier molecular flexibility index (Phi) is 2.93. The lowest BCUT2D eigenvalue weighted by Crippen LogP contribution is -2.00. The van der Waals surface area contributed by atoms with E-state index in [2.05, 4.69) is 26.1 Å². The lowest BCUT2D eigenvalue weighted by molar-refractivity contribution is -0.136. The van der Waals surface area contributed by atoms with Crippen molar-refractivity contribution in [2.45, 2.75) is 13.3 Å². The fourth-order valence-corrected chi connectivity index (χ4v) is 2.27. The number of nitroso groups, excluding NO2 is 1. The molecule has 7 heteroatoms. The molecule has 0 spiro atoms. The van der Waals surface area contributed by atoms with Gasteiger partial charge in [-0.2, -0.15) is 0 Å². The Bertz CT molecular complexity index is 621. The van der Waals surface area contributed by atoms with Crippen molar-refractivity contribution >= 4 is 33.4 Å². The molecule has 1 N–H and O–H groups in total. The van der Waals surface area contributed by atoms with Crippen LogP contribution in [-0.4, -0.2) is 20.5 Å². The van der Waals surface area contributed by atoms with Gasteiger partial charge >= 0.3 is 5.97 Å². The third-order valence-corrected chi connectivity index (χ3v) is 2.84. The van der Waals surface area contributed by atoms with Crippen LogP contribution in [0.25, 0.3) is 5.65 Å². The second-order valence-corrected chi connectivity index (χ2v) is 4.46. The minimum absolute atomic E-state index is 0.0341. The van der Waals surface area contributed by atoms with Crippen LogP contribution in [0.2, 0.25) is 0 Å². The van der Waals surface area contributed by atoms with Crippen LogP contribution < -0.4 is 0 Å². The minimum Gasteiger partial charge on any atom is -0.481 e. The number of aliphatic carboxylic acids is 1. The number of nitrogens with zero attached hydrogens (tertiary/aromatic N) is 3. The van der Waals surface area contributed by atoms with Gasteiger partial charge < -0.3 is 5.11 Å². The molecule has 0 atom stereocenters. The molecule has 0 aliphatic heterocycles. The van der Waals surface area contributed by atoms with E-state index in [9.17, 15) is 9.70 Å². The molecule has 0 saturated heterocycles. The molecule has 0 aromatic carbocycles. The van der Waals surface area contributed by atoms with Crippen molar-refractivity contribution in [1.82, 2.24) is 9.38 Å². The van der Waals surface area contributed by atoms with Gasteiger partial charge in [0.15, 0.2) is 5.65 Å². The Labute approximate surface area is 104 Å². The molecule has 0 unspecified atom stereocenters. The number of rotatable bonds is 3. The fraction of sp³-hybridized carbons (Fsp3) is 0.200. The third kappa shape index (κ3) is 2.05. The van der Waals surface area contributed by atoms with E-state index in [0.29, 0.717) is 10.1 Å². The van der Waals surface area contributed by atoms with Gasteiger partial charge in [0.1, 0.15) is 5.69 Å². The van der Waals surface area contributed by atoms with Crippen LogP contribution >= 0.6 is 15.9 Å². The highest BCUT2D eigenvalue weighted by atomic mass is 79.9. The summed E-state index contributed by atoms with van der Waals surface area (Å²) in [4.78, 5) is 25.6. The fourth-order valence-electron chi connectivity index (χ4n) is 1.63. The number of hydrogen-bond donors (Lipinski definition) is 1. The molecule has 0 amide bonds. The number of halogens is 1. The zero-order valence-electron chi connectivity index (χ0n) is 8.85. The van der Waals surface area contributed by atoms with E-state index in [1.54, 1.807) is 6.20 Å². The molecule has 0 aliphatic rings. The summed E-state index contributed by atoms with van der Waals surface area (Å²) in [7, 11) is 0. The van der Waals surface area contributed by atoms with E-state index in [0.717, 1.165) is 5.56 Å². The van der Waals surface area contributed by atoms with Crippen LogP contribution in [0, 0.1) is 11.8 Å². The maximum absolute atomic E-state index is 10.8. The summed E-state index contributed by atoms with van der Waals surface area (Å²) in [5.41, 5.74) is 1.56. The topological polar surface area (TPSA) is 84.0 Å². The normalized spacial score (nSPS) is 10.7. The van der Waals surface area contributed by atoms with Crippen LogP contribution in [0.15, 0.2) is 21.9 Å². The van der Waals surface area contributed by atoms with Crippen molar-refractivity contribution < 1.29 is 9.90 Å². The molecule has 2 aromatic heterocycles. The first-order chi connectivity index (χ1) is 8.02. The highest BCUT2D eigenvalue weighted by molar-refractivity contribution is 9.10. The molecule has 2 aromatic rings. The van der Waals surface area contributed by atoms with E-state index in [1.807, 2.05) is 13.0 Å². The summed E-state index contributed by atoms with van der Waals surface area (Å²) in [5.74, 6) is -1.02. The number of carboxylic acid groups (broad SMARTS) is 1. The largest absolute Gasteiger partial charge is 0.481 e. The molecule has 88 valence electrons. The van der Waals surface area contributed by atoms with Crippen molar-refractivity contribution in [1.29, 1.82) is 0 Å². The maximum atomic E-state index is 10.8. The van der Waals surface area contributed by atoms with Crippen molar-refractivity contribution in [3.8, 4) is 0 Å². The zero-order chi connectivity index (χ0) is 12.6. The summed E-state index contributed by atoms with van der Waals surface area (Å²) in [5, 5.41) is 11.6. The van der Waals surface area contributed by atoms with Crippen molar-refractivity contribution in [3.05, 3.63) is 32.9 Å². The van der Waals surface area contributed by atoms with E-state index in [4.69, 9.17) is 5.11 Å². The summed E-state index contributed by atoms with van der Waals surface area (Å²) in [6.07, 6.45) is 1.36. The zero-order valence-corrected chi connectivity index (χ0v) is 10.4. The molecular formula is C10H8BrN3O3. The Morgan fingerprint density at radius 1 is 1.65 bits per heavy atom. The number of imidazole rings is 1. The lowest BCUT2D eigenvalue weighted by Gasteiger charge is -1.99. The molecule has 0 saturated carbocycles. The van der Waals surface area contributed by atoms with E-state index in [1.165, 1.54) is 4.40 Å². The first-order valence-electron chi connectivity index (χ1n) is 4.75. The van der Waals surface area contributed by atoms with Crippen molar-refractivity contribution in [3.63, 3.8) is 0 Å². The van der Waals surface area contributed by atoms with Gasteiger partial charge in [0.25, 0.3) is 0 Å². The molecule has 17 heavy (non-hydrogen) atoms. The summed E-state index contributed by atoms with van der Waals surface area (Å²) in [6, 6.07) is 1.83. The Morgan fingerprint density at radius 2 is 2.35 bits per heavy atom. The SMILES string of the molecule is Cc1cc(Br)c2nc(CC(=O)O)c(N=O)n2c1. The molecule has 0 bridgehead atoms. The first-order valence-corrected chi connectivity index (χ1v) is 5.54. The molecule has 2 rings (SSSR count). The predicted octanol–water partition coefficient (Wildman–Crippen LogP) is 2.43. The summed E-state index contributed by atoms with van der Waals surface area (Å²) in [6.45, 7) is 1.86. The molecule has 2 heterocycles. The van der Waals surface area contributed by atoms with Gasteiger partial charge in [0, 0.05) is 6.20 Å². The summed E-state index contributed by atoms with van der Waals surface area (Å²) >= 11 is 3.32. The number of pyridine rings is 1. The van der Waals surface area contributed by atoms with Crippen molar-refractivity contribution in [2.24, 2.45) is 5.18 Å². The molecule has 0 radical (unpaired) electrons. The van der Waals surface area contributed by atoms with Crippen molar-refractivity contribution in [2.75, 3.05) is 0 Å². The van der Waals surface area contributed by atoms with Gasteiger partial charge in [0.2, 0.25) is 5.82 Å². The van der Waals surface area contributed by atoms with E-state index in [-0.39, 0.29) is 17.9 Å². The molecular weight excluding hydrogens is 290 g/mol.